The van der Waals surface area contributed by atoms with Crippen molar-refractivity contribution in [3.63, 3.8) is 0 Å². The predicted octanol–water partition coefficient (Wildman–Crippen LogP) is 2.50. The van der Waals surface area contributed by atoms with Gasteiger partial charge >= 0.3 is 0 Å². The van der Waals surface area contributed by atoms with Gasteiger partial charge in [0, 0.05) is 19.8 Å². The van der Waals surface area contributed by atoms with Crippen LogP contribution in [0.1, 0.15) is 27.7 Å². The number of rotatable bonds is 2. The van der Waals surface area contributed by atoms with Crippen LogP contribution in [-0.4, -0.2) is 19.0 Å². The molecule has 0 aliphatic rings. The molecule has 0 radical (unpaired) electrons. The Morgan fingerprint density at radius 2 is 1.50 bits per heavy atom. The maximum absolute atomic E-state index is 2.22. The zero-order chi connectivity index (χ0) is 8.31. The van der Waals surface area contributed by atoms with Gasteiger partial charge in [-0.3, -0.25) is 0 Å². The molecule has 0 fully saturated rings. The molecule has 0 aromatic rings. The second-order valence-corrected chi connectivity index (χ2v) is 3.32. The van der Waals surface area contributed by atoms with Gasteiger partial charge in [0.1, 0.15) is 0 Å². The minimum absolute atomic E-state index is 0.669. The maximum Gasteiger partial charge on any atom is 0.00875 e. The van der Waals surface area contributed by atoms with E-state index in [-0.39, 0.29) is 0 Å². The fraction of sp³-hybridized carbons (Fsp3) is 0.778. The van der Waals surface area contributed by atoms with Crippen LogP contribution < -0.4 is 0 Å². The van der Waals surface area contributed by atoms with Gasteiger partial charge in [-0.2, -0.15) is 0 Å². The lowest BCUT2D eigenvalue weighted by atomic mass is 10.0. The quantitative estimate of drug-likeness (QED) is 0.571. The summed E-state index contributed by atoms with van der Waals surface area (Å²) in [6, 6.07) is 0. The molecule has 0 saturated heterocycles. The molecule has 10 heavy (non-hydrogen) atoms. The van der Waals surface area contributed by atoms with Crippen molar-refractivity contribution in [3.8, 4) is 0 Å². The highest BCUT2D eigenvalue weighted by atomic mass is 15.1. The lowest BCUT2D eigenvalue weighted by Gasteiger charge is -2.18. The summed E-state index contributed by atoms with van der Waals surface area (Å²) in [5.41, 5.74) is 2.86. The molecule has 0 spiro atoms. The van der Waals surface area contributed by atoms with Crippen molar-refractivity contribution in [2.75, 3.05) is 14.1 Å². The van der Waals surface area contributed by atoms with Gasteiger partial charge in [0.15, 0.2) is 0 Å². The summed E-state index contributed by atoms with van der Waals surface area (Å²) in [7, 11) is 4.17. The lowest BCUT2D eigenvalue weighted by Crippen LogP contribution is -2.11. The fourth-order valence-corrected chi connectivity index (χ4v) is 0.770. The Bertz CT molecular complexity index is 116. The van der Waals surface area contributed by atoms with Gasteiger partial charge < -0.3 is 4.90 Å². The third-order valence-electron chi connectivity index (χ3n) is 2.11. The van der Waals surface area contributed by atoms with Crippen molar-refractivity contribution >= 4 is 0 Å². The van der Waals surface area contributed by atoms with E-state index in [2.05, 4.69) is 46.7 Å². The van der Waals surface area contributed by atoms with Gasteiger partial charge in [0.2, 0.25) is 0 Å². The Balaban J connectivity index is 4.34. The standard InChI is InChI=1S/C9H19N/c1-7(2)8(3)9(4)10(5)6/h7H,1-6H3/b9-8-. The van der Waals surface area contributed by atoms with Crippen LogP contribution in [0.2, 0.25) is 0 Å². The molecule has 0 bridgehead atoms. The summed E-state index contributed by atoms with van der Waals surface area (Å²) < 4.78 is 0. The highest BCUT2D eigenvalue weighted by Crippen LogP contribution is 2.14. The van der Waals surface area contributed by atoms with E-state index in [1.54, 1.807) is 0 Å². The van der Waals surface area contributed by atoms with Crippen LogP contribution >= 0.6 is 0 Å². The van der Waals surface area contributed by atoms with Crippen molar-refractivity contribution in [2.45, 2.75) is 27.7 Å². The molecule has 0 unspecified atom stereocenters. The molecule has 0 aliphatic heterocycles. The number of allylic oxidation sites excluding steroid dienone is 2. The Labute approximate surface area is 64.7 Å². The first kappa shape index (κ1) is 9.54. The second kappa shape index (κ2) is 3.65. The monoisotopic (exact) mass is 141 g/mol. The average molecular weight is 141 g/mol. The number of nitrogens with zero attached hydrogens (tertiary/aromatic N) is 1. The predicted molar refractivity (Wildman–Crippen MR) is 46.9 cm³/mol. The smallest absolute Gasteiger partial charge is 0.00875 e. The summed E-state index contributed by atoms with van der Waals surface area (Å²) in [4.78, 5) is 2.16. The largest absolute Gasteiger partial charge is 0.381 e. The highest BCUT2D eigenvalue weighted by molar-refractivity contribution is 5.09. The summed E-state index contributed by atoms with van der Waals surface area (Å²) in [6.45, 7) is 8.81. The first-order valence-corrected chi connectivity index (χ1v) is 3.81. The maximum atomic E-state index is 2.22. The molecule has 0 atom stereocenters. The van der Waals surface area contributed by atoms with Gasteiger partial charge in [-0.15, -0.1) is 0 Å². The van der Waals surface area contributed by atoms with Crippen LogP contribution in [0.5, 0.6) is 0 Å². The van der Waals surface area contributed by atoms with E-state index in [1.807, 2.05) is 0 Å². The molecule has 0 aromatic carbocycles. The van der Waals surface area contributed by atoms with Crippen molar-refractivity contribution < 1.29 is 0 Å². The minimum atomic E-state index is 0.669. The van der Waals surface area contributed by atoms with Crippen molar-refractivity contribution in [1.29, 1.82) is 0 Å². The van der Waals surface area contributed by atoms with Gasteiger partial charge in [-0.05, 0) is 19.8 Å². The Kier molecular flexibility index (Phi) is 3.48. The second-order valence-electron chi connectivity index (χ2n) is 3.32. The Morgan fingerprint density at radius 1 is 1.10 bits per heavy atom. The normalized spacial score (nSPS) is 13.5. The summed E-state index contributed by atoms with van der Waals surface area (Å²) in [5.74, 6) is 0.669. The molecule has 1 nitrogen and oxygen atoms in total. The molecular weight excluding hydrogens is 122 g/mol. The Hall–Kier alpha value is -0.460. The van der Waals surface area contributed by atoms with E-state index >= 15 is 0 Å². The first-order chi connectivity index (χ1) is 4.46. The Morgan fingerprint density at radius 3 is 1.60 bits per heavy atom. The summed E-state index contributed by atoms with van der Waals surface area (Å²) in [6.07, 6.45) is 0. The SMILES string of the molecule is C/C(=C(\C)N(C)C)C(C)C. The number of hydrogen-bond acceptors (Lipinski definition) is 1. The van der Waals surface area contributed by atoms with E-state index < -0.39 is 0 Å². The molecule has 0 rings (SSSR count). The van der Waals surface area contributed by atoms with E-state index in [1.165, 1.54) is 11.3 Å². The van der Waals surface area contributed by atoms with Crippen LogP contribution in [0.15, 0.2) is 11.3 Å². The number of hydrogen-bond donors (Lipinski definition) is 0. The summed E-state index contributed by atoms with van der Waals surface area (Å²) >= 11 is 0. The molecular formula is C9H19N. The van der Waals surface area contributed by atoms with Crippen LogP contribution in [0.3, 0.4) is 0 Å². The molecule has 0 aliphatic carbocycles. The van der Waals surface area contributed by atoms with E-state index in [9.17, 15) is 0 Å². The van der Waals surface area contributed by atoms with Gasteiger partial charge in [0.05, 0.1) is 0 Å². The average Bonchev–Trinajstić information content (AvgIpc) is 1.84. The molecule has 0 amide bonds. The zero-order valence-corrected chi connectivity index (χ0v) is 8.02. The van der Waals surface area contributed by atoms with Crippen LogP contribution in [0, 0.1) is 5.92 Å². The van der Waals surface area contributed by atoms with Crippen LogP contribution in [-0.2, 0) is 0 Å². The van der Waals surface area contributed by atoms with E-state index in [4.69, 9.17) is 0 Å². The van der Waals surface area contributed by atoms with Gasteiger partial charge in [-0.1, -0.05) is 19.4 Å². The van der Waals surface area contributed by atoms with Crippen molar-refractivity contribution in [3.05, 3.63) is 11.3 Å². The third kappa shape index (κ3) is 2.42. The van der Waals surface area contributed by atoms with Gasteiger partial charge in [-0.25, -0.2) is 0 Å². The fourth-order valence-electron chi connectivity index (χ4n) is 0.770. The molecule has 0 heterocycles. The third-order valence-corrected chi connectivity index (χ3v) is 2.11. The van der Waals surface area contributed by atoms with Gasteiger partial charge in [0.25, 0.3) is 0 Å². The molecule has 0 N–H and O–H groups in total. The molecule has 0 saturated carbocycles. The topological polar surface area (TPSA) is 3.24 Å². The van der Waals surface area contributed by atoms with Crippen LogP contribution in [0.25, 0.3) is 0 Å². The molecule has 1 heteroatoms. The van der Waals surface area contributed by atoms with Crippen LogP contribution in [0.4, 0.5) is 0 Å². The minimum Gasteiger partial charge on any atom is -0.381 e. The molecule has 0 aromatic heterocycles. The first-order valence-electron chi connectivity index (χ1n) is 3.81. The van der Waals surface area contributed by atoms with Crippen molar-refractivity contribution in [2.24, 2.45) is 5.92 Å². The van der Waals surface area contributed by atoms with E-state index in [0.29, 0.717) is 5.92 Å². The molecule has 60 valence electrons. The summed E-state index contributed by atoms with van der Waals surface area (Å²) in [5, 5.41) is 0. The highest BCUT2D eigenvalue weighted by Gasteiger charge is 2.01. The zero-order valence-electron chi connectivity index (χ0n) is 8.02. The van der Waals surface area contributed by atoms with E-state index in [0.717, 1.165) is 0 Å². The lowest BCUT2D eigenvalue weighted by molar-refractivity contribution is 0.495. The van der Waals surface area contributed by atoms with Crippen molar-refractivity contribution in [1.82, 2.24) is 4.90 Å².